The van der Waals surface area contributed by atoms with Crippen LogP contribution in [0.2, 0.25) is 0 Å². The predicted octanol–water partition coefficient (Wildman–Crippen LogP) is 4.75. The van der Waals surface area contributed by atoms with Crippen molar-refractivity contribution in [1.29, 1.82) is 0 Å². The van der Waals surface area contributed by atoms with Gasteiger partial charge in [0.2, 0.25) is 5.24 Å². The third kappa shape index (κ3) is 3.16. The van der Waals surface area contributed by atoms with Crippen LogP contribution in [0.4, 0.5) is 0 Å². The molecule has 0 aromatic heterocycles. The van der Waals surface area contributed by atoms with Crippen LogP contribution in [0.1, 0.15) is 78.6 Å². The van der Waals surface area contributed by atoms with Crippen molar-refractivity contribution in [3.05, 3.63) is 0 Å². The van der Waals surface area contributed by atoms with Gasteiger partial charge in [0.15, 0.2) is 0 Å². The van der Waals surface area contributed by atoms with E-state index in [9.17, 15) is 19.2 Å². The smallest absolute Gasteiger partial charge is 0.221 e. The molecule has 0 spiro atoms. The molecule has 5 heteroatoms. The number of carbonyl (C=O) groups excluding carboxylic acids is 4. The molecule has 0 radical (unpaired) electrons. The molecule has 0 saturated heterocycles. The monoisotopic (exact) mass is 420 g/mol. The Labute approximate surface area is 178 Å². The van der Waals surface area contributed by atoms with Crippen LogP contribution in [0, 0.1) is 46.3 Å². The van der Waals surface area contributed by atoms with E-state index in [4.69, 9.17) is 11.6 Å². The van der Waals surface area contributed by atoms with Crippen molar-refractivity contribution in [3.63, 3.8) is 0 Å². The Bertz CT molecular complexity index is 760. The molecular formula is C24H33ClO4. The summed E-state index contributed by atoms with van der Waals surface area (Å²) in [6.45, 7) is 6.47. The number of fused-ring (bicyclic) bond motifs is 5. The molecule has 4 fully saturated rings. The summed E-state index contributed by atoms with van der Waals surface area (Å²) in [6, 6.07) is 0. The Kier molecular flexibility index (Phi) is 5.33. The highest BCUT2D eigenvalue weighted by atomic mass is 35.5. The summed E-state index contributed by atoms with van der Waals surface area (Å²) in [5.74, 6) is 1.59. The number of carbonyl (C=O) groups is 4. The van der Waals surface area contributed by atoms with Crippen LogP contribution < -0.4 is 0 Å². The minimum absolute atomic E-state index is 0.0426. The highest BCUT2D eigenvalue weighted by Gasteiger charge is 2.66. The predicted molar refractivity (Wildman–Crippen MR) is 110 cm³/mol. The van der Waals surface area contributed by atoms with E-state index in [1.807, 2.05) is 0 Å². The lowest BCUT2D eigenvalue weighted by Crippen LogP contribution is -2.60. The largest absolute Gasteiger partial charge is 0.300 e. The van der Waals surface area contributed by atoms with Crippen LogP contribution in [0.5, 0.6) is 0 Å². The molecule has 0 aliphatic heterocycles. The molecule has 0 bridgehead atoms. The Morgan fingerprint density at radius 3 is 2.52 bits per heavy atom. The van der Waals surface area contributed by atoms with E-state index in [0.717, 1.165) is 19.3 Å². The van der Waals surface area contributed by atoms with Crippen molar-refractivity contribution in [1.82, 2.24) is 0 Å². The first-order chi connectivity index (χ1) is 13.6. The molecule has 4 saturated carbocycles. The van der Waals surface area contributed by atoms with Crippen molar-refractivity contribution in [2.24, 2.45) is 46.3 Å². The van der Waals surface area contributed by atoms with E-state index >= 15 is 0 Å². The Morgan fingerprint density at radius 1 is 1.10 bits per heavy atom. The van der Waals surface area contributed by atoms with Gasteiger partial charge in [-0.1, -0.05) is 20.8 Å². The van der Waals surface area contributed by atoms with Crippen molar-refractivity contribution >= 4 is 34.2 Å². The molecule has 8 atom stereocenters. The van der Waals surface area contributed by atoms with Crippen LogP contribution in [-0.4, -0.2) is 22.6 Å². The molecule has 160 valence electrons. The van der Waals surface area contributed by atoms with E-state index < -0.39 is 5.41 Å². The van der Waals surface area contributed by atoms with Gasteiger partial charge in [-0.25, -0.2) is 0 Å². The summed E-state index contributed by atoms with van der Waals surface area (Å²) in [4.78, 5) is 50.2. The second kappa shape index (κ2) is 7.28. The number of rotatable bonds is 4. The molecule has 4 aliphatic rings. The average Bonchev–Trinajstić information content (AvgIpc) is 3.01. The van der Waals surface area contributed by atoms with E-state index in [-0.39, 0.29) is 51.9 Å². The molecule has 0 heterocycles. The van der Waals surface area contributed by atoms with Crippen LogP contribution in [-0.2, 0) is 19.2 Å². The van der Waals surface area contributed by atoms with Crippen LogP contribution >= 0.6 is 11.6 Å². The maximum absolute atomic E-state index is 13.6. The molecule has 4 nitrogen and oxygen atoms in total. The number of ketones is 3. The summed E-state index contributed by atoms with van der Waals surface area (Å²) in [5.41, 5.74) is -0.544. The molecule has 4 rings (SSSR count). The zero-order valence-corrected chi connectivity index (χ0v) is 18.6. The number of Topliss-reactive ketones (excluding diaryl/α,β-unsaturated/α-hetero) is 3. The lowest BCUT2D eigenvalue weighted by atomic mass is 9.44. The van der Waals surface area contributed by atoms with Crippen molar-refractivity contribution in [2.45, 2.75) is 78.6 Å². The summed E-state index contributed by atoms with van der Waals surface area (Å²) in [7, 11) is 0. The zero-order chi connectivity index (χ0) is 21.1. The van der Waals surface area contributed by atoms with Gasteiger partial charge in [-0.3, -0.25) is 19.2 Å². The molecule has 0 aromatic rings. The van der Waals surface area contributed by atoms with E-state index in [1.54, 1.807) is 0 Å². The second-order valence-electron chi connectivity index (χ2n) is 10.8. The lowest BCUT2D eigenvalue weighted by molar-refractivity contribution is -0.166. The van der Waals surface area contributed by atoms with Gasteiger partial charge in [-0.05, 0) is 72.3 Å². The third-order valence-electron chi connectivity index (χ3n) is 9.70. The number of halogens is 1. The zero-order valence-electron chi connectivity index (χ0n) is 17.8. The van der Waals surface area contributed by atoms with Crippen LogP contribution in [0.15, 0.2) is 0 Å². The quantitative estimate of drug-likeness (QED) is 0.615. The molecule has 0 aromatic carbocycles. The average molecular weight is 421 g/mol. The van der Waals surface area contributed by atoms with Gasteiger partial charge in [0.05, 0.1) is 0 Å². The summed E-state index contributed by atoms with van der Waals surface area (Å²) in [6.07, 6.45) is 5.80. The van der Waals surface area contributed by atoms with Gasteiger partial charge in [-0.15, -0.1) is 0 Å². The molecule has 0 N–H and O–H groups in total. The van der Waals surface area contributed by atoms with Gasteiger partial charge in [0.25, 0.3) is 0 Å². The van der Waals surface area contributed by atoms with Crippen molar-refractivity contribution in [3.8, 4) is 0 Å². The Balaban J connectivity index is 1.63. The standard InChI is InChI=1S/C24H33ClO4/c1-13(4-7-21(25)29)16-5-6-17-22-18(12-20(28)24(16,17)3)23(2)9-8-15(26)10-14(23)11-19(22)27/h13-14,16-18,22H,4-12H2,1-3H3/t13-,14+,16?,17+,18+,22+,23+,24-/m1/s1. The van der Waals surface area contributed by atoms with E-state index in [2.05, 4.69) is 20.8 Å². The number of hydrogen-bond donors (Lipinski definition) is 0. The molecular weight excluding hydrogens is 388 g/mol. The maximum Gasteiger partial charge on any atom is 0.221 e. The van der Waals surface area contributed by atoms with E-state index in [1.165, 1.54) is 0 Å². The minimum Gasteiger partial charge on any atom is -0.300 e. The first-order valence-corrected chi connectivity index (χ1v) is 11.7. The summed E-state index contributed by atoms with van der Waals surface area (Å²) >= 11 is 5.56. The van der Waals surface area contributed by atoms with Gasteiger partial charge < -0.3 is 0 Å². The molecule has 29 heavy (non-hydrogen) atoms. The third-order valence-corrected chi connectivity index (χ3v) is 9.89. The van der Waals surface area contributed by atoms with Gasteiger partial charge in [0, 0.05) is 43.4 Å². The first kappa shape index (κ1) is 21.2. The fraction of sp³-hybridized carbons (Fsp3) is 0.833. The van der Waals surface area contributed by atoms with Crippen molar-refractivity contribution < 1.29 is 19.2 Å². The number of hydrogen-bond acceptors (Lipinski definition) is 4. The highest BCUT2D eigenvalue weighted by Crippen LogP contribution is 2.66. The summed E-state index contributed by atoms with van der Waals surface area (Å²) in [5, 5.41) is -0.320. The molecule has 1 unspecified atom stereocenters. The highest BCUT2D eigenvalue weighted by molar-refractivity contribution is 6.63. The van der Waals surface area contributed by atoms with Crippen LogP contribution in [0.25, 0.3) is 0 Å². The topological polar surface area (TPSA) is 68.3 Å². The van der Waals surface area contributed by atoms with Crippen LogP contribution in [0.3, 0.4) is 0 Å². The van der Waals surface area contributed by atoms with Gasteiger partial charge >= 0.3 is 0 Å². The summed E-state index contributed by atoms with van der Waals surface area (Å²) < 4.78 is 0. The van der Waals surface area contributed by atoms with Gasteiger partial charge in [0.1, 0.15) is 17.3 Å². The SMILES string of the molecule is C[C@H](CCC(=O)Cl)C1CC[C@H]2[C@@H]3C(=O)C[C@@H]4CC(=O)CC[C@]4(C)[C@H]3CC(=O)[C@]12C. The minimum atomic E-state index is -0.473. The maximum atomic E-state index is 13.6. The van der Waals surface area contributed by atoms with E-state index in [0.29, 0.717) is 50.1 Å². The first-order valence-electron chi connectivity index (χ1n) is 11.3. The fourth-order valence-corrected chi connectivity index (χ4v) is 8.04. The Morgan fingerprint density at radius 2 is 1.83 bits per heavy atom. The second-order valence-corrected chi connectivity index (χ2v) is 11.2. The molecule has 4 aliphatic carbocycles. The normalized spacial score (nSPS) is 45.4. The fourth-order valence-electron chi connectivity index (χ4n) is 7.93. The van der Waals surface area contributed by atoms with Crippen molar-refractivity contribution in [2.75, 3.05) is 0 Å². The lowest BCUT2D eigenvalue weighted by Gasteiger charge is -2.58. The van der Waals surface area contributed by atoms with Gasteiger partial charge in [-0.2, -0.15) is 0 Å². The Hall–Kier alpha value is -1.03. The molecule has 0 amide bonds.